The van der Waals surface area contributed by atoms with Crippen molar-refractivity contribution in [2.45, 2.75) is 32.4 Å². The molecule has 4 nitrogen and oxygen atoms in total. The van der Waals surface area contributed by atoms with Gasteiger partial charge in [-0.15, -0.1) is 12.3 Å². The van der Waals surface area contributed by atoms with E-state index in [1.165, 1.54) is 0 Å². The minimum Gasteiger partial charge on any atom is -0.309 e. The Morgan fingerprint density at radius 2 is 2.50 bits per heavy atom. The Hall–Kier alpha value is -1.38. The molecule has 1 rings (SSSR count). The van der Waals surface area contributed by atoms with Gasteiger partial charge in [0.05, 0.1) is 4.92 Å². The highest BCUT2D eigenvalue weighted by Gasteiger charge is 2.10. The SMILES string of the molecule is C#CCC(CC)NCc1csc([N+](=O)[O-])c1. The fourth-order valence-corrected chi connectivity index (χ4v) is 2.05. The Balaban J connectivity index is 2.47. The monoisotopic (exact) mass is 238 g/mol. The lowest BCUT2D eigenvalue weighted by Crippen LogP contribution is -2.27. The van der Waals surface area contributed by atoms with Crippen LogP contribution in [0.2, 0.25) is 0 Å². The highest BCUT2D eigenvalue weighted by molar-refractivity contribution is 7.13. The maximum absolute atomic E-state index is 10.5. The van der Waals surface area contributed by atoms with Crippen LogP contribution in [0.4, 0.5) is 5.00 Å². The number of nitro groups is 1. The van der Waals surface area contributed by atoms with Crippen LogP contribution in [0.3, 0.4) is 0 Å². The molecule has 0 aliphatic rings. The van der Waals surface area contributed by atoms with E-state index in [2.05, 4.69) is 18.2 Å². The molecule has 1 atom stereocenters. The molecule has 0 saturated carbocycles. The fourth-order valence-electron chi connectivity index (χ4n) is 1.32. The van der Waals surface area contributed by atoms with Crippen molar-refractivity contribution in [3.05, 3.63) is 27.1 Å². The van der Waals surface area contributed by atoms with E-state index in [1.807, 2.05) is 0 Å². The number of hydrogen-bond donors (Lipinski definition) is 1. The van der Waals surface area contributed by atoms with E-state index < -0.39 is 0 Å². The number of terminal acetylenes is 1. The highest BCUT2D eigenvalue weighted by atomic mass is 32.1. The molecule has 1 aromatic rings. The van der Waals surface area contributed by atoms with Gasteiger partial charge in [-0.1, -0.05) is 18.3 Å². The number of nitrogens with zero attached hydrogens (tertiary/aromatic N) is 1. The number of hydrogen-bond acceptors (Lipinski definition) is 4. The molecule has 0 amide bonds. The topological polar surface area (TPSA) is 55.2 Å². The molecule has 0 saturated heterocycles. The summed E-state index contributed by atoms with van der Waals surface area (Å²) in [5, 5.41) is 15.7. The van der Waals surface area contributed by atoms with Gasteiger partial charge in [0.1, 0.15) is 0 Å². The average molecular weight is 238 g/mol. The quantitative estimate of drug-likeness (QED) is 0.471. The molecule has 1 aromatic heterocycles. The van der Waals surface area contributed by atoms with Crippen LogP contribution in [-0.4, -0.2) is 11.0 Å². The molecule has 1 heterocycles. The molecule has 0 aromatic carbocycles. The molecule has 0 fully saturated rings. The predicted molar refractivity (Wildman–Crippen MR) is 65.3 cm³/mol. The van der Waals surface area contributed by atoms with Crippen molar-refractivity contribution >= 4 is 16.3 Å². The molecular formula is C11H14N2O2S. The largest absolute Gasteiger partial charge is 0.324 e. The minimum atomic E-state index is -0.368. The molecule has 1 unspecified atom stereocenters. The van der Waals surface area contributed by atoms with E-state index in [0.717, 1.165) is 23.3 Å². The van der Waals surface area contributed by atoms with Gasteiger partial charge in [0.15, 0.2) is 0 Å². The summed E-state index contributed by atoms with van der Waals surface area (Å²) in [5.74, 6) is 2.61. The van der Waals surface area contributed by atoms with E-state index in [0.29, 0.717) is 13.0 Å². The van der Waals surface area contributed by atoms with Gasteiger partial charge in [0.25, 0.3) is 0 Å². The summed E-state index contributed by atoms with van der Waals surface area (Å²) >= 11 is 1.15. The second-order valence-corrected chi connectivity index (χ2v) is 4.33. The third-order valence-electron chi connectivity index (χ3n) is 2.27. The van der Waals surface area contributed by atoms with Gasteiger partial charge in [0.2, 0.25) is 0 Å². The van der Waals surface area contributed by atoms with Crippen molar-refractivity contribution in [1.29, 1.82) is 0 Å². The van der Waals surface area contributed by atoms with E-state index in [9.17, 15) is 10.1 Å². The summed E-state index contributed by atoms with van der Waals surface area (Å²) in [6.07, 6.45) is 6.88. The van der Waals surface area contributed by atoms with Crippen LogP contribution in [0.5, 0.6) is 0 Å². The average Bonchev–Trinajstić information content (AvgIpc) is 2.73. The molecule has 0 aliphatic heterocycles. The first-order chi connectivity index (χ1) is 7.67. The van der Waals surface area contributed by atoms with Crippen LogP contribution in [0.15, 0.2) is 11.4 Å². The molecule has 1 N–H and O–H groups in total. The molecule has 0 bridgehead atoms. The summed E-state index contributed by atoms with van der Waals surface area (Å²) in [6, 6.07) is 1.88. The zero-order chi connectivity index (χ0) is 12.0. The van der Waals surface area contributed by atoms with Crippen molar-refractivity contribution < 1.29 is 4.92 Å². The molecule has 0 aliphatic carbocycles. The van der Waals surface area contributed by atoms with Crippen molar-refractivity contribution in [3.8, 4) is 12.3 Å². The van der Waals surface area contributed by atoms with Crippen molar-refractivity contribution in [2.24, 2.45) is 0 Å². The standard InChI is InChI=1S/C11H14N2O2S/c1-3-5-10(4-2)12-7-9-6-11(13(14)15)16-8-9/h1,6,8,10,12H,4-5,7H2,2H3. The zero-order valence-corrected chi connectivity index (χ0v) is 9.92. The fraction of sp³-hybridized carbons (Fsp3) is 0.455. The molecular weight excluding hydrogens is 224 g/mol. The van der Waals surface area contributed by atoms with Crippen LogP contribution >= 0.6 is 11.3 Å². The number of thiophene rings is 1. The van der Waals surface area contributed by atoms with Crippen LogP contribution in [0.25, 0.3) is 0 Å². The van der Waals surface area contributed by atoms with Crippen LogP contribution < -0.4 is 5.32 Å². The lowest BCUT2D eigenvalue weighted by molar-refractivity contribution is -0.380. The lowest BCUT2D eigenvalue weighted by atomic mass is 10.1. The Morgan fingerprint density at radius 3 is 3.00 bits per heavy atom. The molecule has 5 heteroatoms. The Morgan fingerprint density at radius 1 is 1.75 bits per heavy atom. The molecule has 16 heavy (non-hydrogen) atoms. The molecule has 0 radical (unpaired) electrons. The smallest absolute Gasteiger partial charge is 0.309 e. The summed E-state index contributed by atoms with van der Waals surface area (Å²) in [5.41, 5.74) is 0.937. The molecule has 86 valence electrons. The van der Waals surface area contributed by atoms with E-state index in [1.54, 1.807) is 11.4 Å². The van der Waals surface area contributed by atoms with Crippen LogP contribution in [-0.2, 0) is 6.54 Å². The second-order valence-electron chi connectivity index (χ2n) is 3.44. The first kappa shape index (κ1) is 12.7. The van der Waals surface area contributed by atoms with Crippen molar-refractivity contribution in [2.75, 3.05) is 0 Å². The maximum atomic E-state index is 10.5. The second kappa shape index (κ2) is 6.26. The van der Waals surface area contributed by atoms with Gasteiger partial charge in [-0.3, -0.25) is 10.1 Å². The van der Waals surface area contributed by atoms with Gasteiger partial charge in [0, 0.05) is 30.5 Å². The predicted octanol–water partition coefficient (Wildman–Crippen LogP) is 2.55. The van der Waals surface area contributed by atoms with E-state index in [4.69, 9.17) is 6.42 Å². The normalized spacial score (nSPS) is 12.0. The Labute approximate surface area is 98.8 Å². The van der Waals surface area contributed by atoms with Gasteiger partial charge in [-0.2, -0.15) is 0 Å². The maximum Gasteiger partial charge on any atom is 0.324 e. The highest BCUT2D eigenvalue weighted by Crippen LogP contribution is 2.22. The van der Waals surface area contributed by atoms with Gasteiger partial charge in [-0.25, -0.2) is 0 Å². The summed E-state index contributed by atoms with van der Waals surface area (Å²) in [4.78, 5) is 10.1. The van der Waals surface area contributed by atoms with E-state index in [-0.39, 0.29) is 16.0 Å². The molecule has 0 spiro atoms. The summed E-state index contributed by atoms with van der Waals surface area (Å²) in [7, 11) is 0. The van der Waals surface area contributed by atoms with Crippen molar-refractivity contribution in [1.82, 2.24) is 5.32 Å². The van der Waals surface area contributed by atoms with Gasteiger partial charge < -0.3 is 5.32 Å². The van der Waals surface area contributed by atoms with Gasteiger partial charge in [-0.05, 0) is 12.0 Å². The van der Waals surface area contributed by atoms with Gasteiger partial charge >= 0.3 is 5.00 Å². The summed E-state index contributed by atoms with van der Waals surface area (Å²) in [6.45, 7) is 2.69. The van der Waals surface area contributed by atoms with Crippen molar-refractivity contribution in [3.63, 3.8) is 0 Å². The number of nitrogens with one attached hydrogen (secondary N) is 1. The third kappa shape index (κ3) is 3.65. The van der Waals surface area contributed by atoms with E-state index >= 15 is 0 Å². The first-order valence-corrected chi connectivity index (χ1v) is 5.94. The minimum absolute atomic E-state index is 0.182. The lowest BCUT2D eigenvalue weighted by Gasteiger charge is -2.12. The number of rotatable bonds is 6. The zero-order valence-electron chi connectivity index (χ0n) is 9.10. The third-order valence-corrected chi connectivity index (χ3v) is 3.20. The van der Waals surface area contributed by atoms with Crippen LogP contribution in [0.1, 0.15) is 25.3 Å². The Kier molecular flexibility index (Phi) is 4.96. The first-order valence-electron chi connectivity index (χ1n) is 5.06. The van der Waals surface area contributed by atoms with Crippen LogP contribution in [0, 0.1) is 22.5 Å². The summed E-state index contributed by atoms with van der Waals surface area (Å²) < 4.78 is 0. The Bertz CT molecular complexity index is 395.